The first kappa shape index (κ1) is 15.0. The molecule has 3 aromatic rings. The normalized spacial score (nSPS) is 10.6. The Morgan fingerprint density at radius 3 is 2.57 bits per heavy atom. The molecular formula is C18H18N4O. The van der Waals surface area contributed by atoms with Crippen molar-refractivity contribution in [3.05, 3.63) is 71.2 Å². The minimum atomic E-state index is -0.210. The summed E-state index contributed by atoms with van der Waals surface area (Å²) in [5, 5.41) is 7.14. The molecular weight excluding hydrogens is 288 g/mol. The van der Waals surface area contributed by atoms with Crippen molar-refractivity contribution in [3.8, 4) is 5.69 Å². The number of carbonyl (C=O) groups excluding carboxylic acids is 1. The van der Waals surface area contributed by atoms with Crippen LogP contribution in [0.15, 0.2) is 48.8 Å². The highest BCUT2D eigenvalue weighted by Crippen LogP contribution is 2.16. The number of rotatable bonds is 3. The Kier molecular flexibility index (Phi) is 3.93. The van der Waals surface area contributed by atoms with Crippen LogP contribution in [-0.4, -0.2) is 20.7 Å². The largest absolute Gasteiger partial charge is 0.306 e. The molecule has 0 unspecified atom stereocenters. The molecule has 23 heavy (non-hydrogen) atoms. The summed E-state index contributed by atoms with van der Waals surface area (Å²) in [4.78, 5) is 16.6. The van der Waals surface area contributed by atoms with Gasteiger partial charge in [-0.1, -0.05) is 18.2 Å². The number of anilines is 1. The van der Waals surface area contributed by atoms with Crippen LogP contribution in [0.5, 0.6) is 0 Å². The van der Waals surface area contributed by atoms with Gasteiger partial charge in [0.05, 0.1) is 23.1 Å². The summed E-state index contributed by atoms with van der Waals surface area (Å²) in [6, 6.07) is 11.7. The number of carbonyl (C=O) groups is 1. The fourth-order valence-electron chi connectivity index (χ4n) is 2.38. The van der Waals surface area contributed by atoms with Gasteiger partial charge >= 0.3 is 0 Å². The van der Waals surface area contributed by atoms with Crippen LogP contribution in [0, 0.1) is 20.8 Å². The third-order valence-electron chi connectivity index (χ3n) is 3.65. The molecule has 116 valence electrons. The van der Waals surface area contributed by atoms with E-state index < -0.39 is 0 Å². The van der Waals surface area contributed by atoms with Crippen LogP contribution < -0.4 is 5.32 Å². The highest BCUT2D eigenvalue weighted by Gasteiger charge is 2.15. The molecule has 3 rings (SSSR count). The second-order valence-corrected chi connectivity index (χ2v) is 5.57. The van der Waals surface area contributed by atoms with E-state index in [0.717, 1.165) is 22.5 Å². The molecule has 1 N–H and O–H groups in total. The van der Waals surface area contributed by atoms with E-state index in [9.17, 15) is 4.79 Å². The maximum absolute atomic E-state index is 12.4. The van der Waals surface area contributed by atoms with Gasteiger partial charge in [0.2, 0.25) is 0 Å². The van der Waals surface area contributed by atoms with Crippen molar-refractivity contribution < 1.29 is 4.79 Å². The number of nitrogens with zero attached hydrogens (tertiary/aromatic N) is 3. The van der Waals surface area contributed by atoms with Gasteiger partial charge in [-0.25, -0.2) is 9.67 Å². The number of amides is 1. The molecule has 0 aliphatic heterocycles. The molecule has 2 aromatic heterocycles. The van der Waals surface area contributed by atoms with E-state index in [0.29, 0.717) is 11.4 Å². The summed E-state index contributed by atoms with van der Waals surface area (Å²) in [5.41, 5.74) is 4.46. The van der Waals surface area contributed by atoms with Gasteiger partial charge in [-0.2, -0.15) is 5.10 Å². The van der Waals surface area contributed by atoms with E-state index in [4.69, 9.17) is 0 Å². The number of aromatic nitrogens is 3. The summed E-state index contributed by atoms with van der Waals surface area (Å²) in [5.74, 6) is 0.320. The summed E-state index contributed by atoms with van der Waals surface area (Å²) < 4.78 is 1.77. The molecule has 0 atom stereocenters. The minimum absolute atomic E-state index is 0.210. The molecule has 0 saturated heterocycles. The maximum Gasteiger partial charge on any atom is 0.260 e. The van der Waals surface area contributed by atoms with Gasteiger partial charge < -0.3 is 5.32 Å². The van der Waals surface area contributed by atoms with Gasteiger partial charge in [-0.05, 0) is 50.1 Å². The molecule has 2 heterocycles. The lowest BCUT2D eigenvalue weighted by molar-refractivity contribution is 0.102. The molecule has 0 aliphatic carbocycles. The highest BCUT2D eigenvalue weighted by atomic mass is 16.1. The lowest BCUT2D eigenvalue weighted by atomic mass is 10.2. The van der Waals surface area contributed by atoms with Gasteiger partial charge in [0.15, 0.2) is 0 Å². The Morgan fingerprint density at radius 1 is 1.04 bits per heavy atom. The second-order valence-electron chi connectivity index (χ2n) is 5.57. The fourth-order valence-corrected chi connectivity index (χ4v) is 2.38. The first-order valence-corrected chi connectivity index (χ1v) is 7.40. The van der Waals surface area contributed by atoms with Crippen LogP contribution in [0.3, 0.4) is 0 Å². The zero-order valence-electron chi connectivity index (χ0n) is 13.4. The van der Waals surface area contributed by atoms with Crippen LogP contribution in [0.25, 0.3) is 5.69 Å². The Morgan fingerprint density at radius 2 is 1.87 bits per heavy atom. The van der Waals surface area contributed by atoms with Gasteiger partial charge in [-0.15, -0.1) is 0 Å². The standard InChI is InChI=1S/C18H18N4O/c1-12-5-4-6-15(9-12)22-14(3)16(11-20-22)18(23)21-17-8-7-13(2)10-19-17/h4-11H,1-3H3,(H,19,21,23). The van der Waals surface area contributed by atoms with Gasteiger partial charge in [0.25, 0.3) is 5.91 Å². The molecule has 1 aromatic carbocycles. The Labute approximate surface area is 135 Å². The van der Waals surface area contributed by atoms with Gasteiger partial charge in [-0.3, -0.25) is 4.79 Å². The van der Waals surface area contributed by atoms with Crippen LogP contribution in [0.2, 0.25) is 0 Å². The van der Waals surface area contributed by atoms with Crippen LogP contribution in [0.4, 0.5) is 5.82 Å². The fraction of sp³-hybridized carbons (Fsp3) is 0.167. The van der Waals surface area contributed by atoms with Crippen molar-refractivity contribution in [2.24, 2.45) is 0 Å². The first-order chi connectivity index (χ1) is 11.0. The quantitative estimate of drug-likeness (QED) is 0.806. The van der Waals surface area contributed by atoms with Crippen molar-refractivity contribution in [1.82, 2.24) is 14.8 Å². The minimum Gasteiger partial charge on any atom is -0.306 e. The monoisotopic (exact) mass is 306 g/mol. The third kappa shape index (κ3) is 3.13. The predicted molar refractivity (Wildman–Crippen MR) is 90.0 cm³/mol. The average Bonchev–Trinajstić information content (AvgIpc) is 2.91. The van der Waals surface area contributed by atoms with Gasteiger partial charge in [0.1, 0.15) is 5.82 Å². The molecule has 0 spiro atoms. The van der Waals surface area contributed by atoms with Crippen molar-refractivity contribution in [2.75, 3.05) is 5.32 Å². The molecule has 0 bridgehead atoms. The summed E-state index contributed by atoms with van der Waals surface area (Å²) in [6.07, 6.45) is 3.31. The van der Waals surface area contributed by atoms with E-state index in [1.54, 1.807) is 23.1 Å². The number of pyridine rings is 1. The van der Waals surface area contributed by atoms with Crippen LogP contribution in [-0.2, 0) is 0 Å². The number of hydrogen-bond donors (Lipinski definition) is 1. The number of aryl methyl sites for hydroxylation is 2. The molecule has 5 nitrogen and oxygen atoms in total. The molecule has 1 amide bonds. The average molecular weight is 306 g/mol. The van der Waals surface area contributed by atoms with Crippen molar-refractivity contribution in [1.29, 1.82) is 0 Å². The van der Waals surface area contributed by atoms with E-state index >= 15 is 0 Å². The van der Waals surface area contributed by atoms with Crippen LogP contribution in [0.1, 0.15) is 27.2 Å². The molecule has 0 aliphatic rings. The zero-order chi connectivity index (χ0) is 16.4. The van der Waals surface area contributed by atoms with Crippen molar-refractivity contribution in [2.45, 2.75) is 20.8 Å². The maximum atomic E-state index is 12.4. The third-order valence-corrected chi connectivity index (χ3v) is 3.65. The summed E-state index contributed by atoms with van der Waals surface area (Å²) in [7, 11) is 0. The first-order valence-electron chi connectivity index (χ1n) is 7.40. The molecule has 0 fully saturated rings. The molecule has 5 heteroatoms. The Hall–Kier alpha value is -2.95. The predicted octanol–water partition coefficient (Wildman–Crippen LogP) is 3.44. The second kappa shape index (κ2) is 6.04. The number of nitrogens with one attached hydrogen (secondary N) is 1. The Balaban J connectivity index is 1.86. The lowest BCUT2D eigenvalue weighted by Crippen LogP contribution is -2.14. The van der Waals surface area contributed by atoms with Crippen molar-refractivity contribution >= 4 is 11.7 Å². The number of benzene rings is 1. The Bertz CT molecular complexity index is 850. The highest BCUT2D eigenvalue weighted by molar-refractivity contribution is 6.04. The van der Waals surface area contributed by atoms with Crippen LogP contribution >= 0.6 is 0 Å². The zero-order valence-corrected chi connectivity index (χ0v) is 13.4. The number of hydrogen-bond acceptors (Lipinski definition) is 3. The summed E-state index contributed by atoms with van der Waals surface area (Å²) >= 11 is 0. The smallest absolute Gasteiger partial charge is 0.260 e. The lowest BCUT2D eigenvalue weighted by Gasteiger charge is -2.07. The topological polar surface area (TPSA) is 59.8 Å². The molecule has 0 saturated carbocycles. The van der Waals surface area contributed by atoms with E-state index in [2.05, 4.69) is 15.4 Å². The van der Waals surface area contributed by atoms with E-state index in [1.165, 1.54) is 0 Å². The van der Waals surface area contributed by atoms with Crippen molar-refractivity contribution in [3.63, 3.8) is 0 Å². The van der Waals surface area contributed by atoms with E-state index in [-0.39, 0.29) is 5.91 Å². The SMILES string of the molecule is Cc1ccc(NC(=O)c2cnn(-c3cccc(C)c3)c2C)nc1. The molecule has 0 radical (unpaired) electrons. The van der Waals surface area contributed by atoms with E-state index in [1.807, 2.05) is 51.1 Å². The summed E-state index contributed by atoms with van der Waals surface area (Å²) in [6.45, 7) is 5.86. The van der Waals surface area contributed by atoms with Gasteiger partial charge in [0, 0.05) is 6.20 Å².